The van der Waals surface area contributed by atoms with Crippen LogP contribution in [0.2, 0.25) is 0 Å². The molecule has 0 bridgehead atoms. The van der Waals surface area contributed by atoms with E-state index in [0.29, 0.717) is 41.3 Å². The van der Waals surface area contributed by atoms with E-state index in [-0.39, 0.29) is 56.6 Å². The second kappa shape index (κ2) is 11.8. The van der Waals surface area contributed by atoms with Crippen LogP contribution in [-0.4, -0.2) is 80.6 Å². The van der Waals surface area contributed by atoms with Gasteiger partial charge in [0.2, 0.25) is 5.91 Å². The zero-order chi connectivity index (χ0) is 26.8. The molecule has 4 heterocycles. The zero-order valence-corrected chi connectivity index (χ0v) is 22.8. The highest BCUT2D eigenvalue weighted by Gasteiger charge is 2.33. The van der Waals surface area contributed by atoms with E-state index in [4.69, 9.17) is 14.5 Å². The lowest BCUT2D eigenvalue weighted by molar-refractivity contribution is -0.129. The number of likely N-dealkylation sites (tertiary alicyclic amines) is 1. The normalized spacial score (nSPS) is 14.9. The number of carbonyl (C=O) groups excluding carboxylic acids is 1. The molecule has 0 spiro atoms. The Hall–Kier alpha value is -3.97. The van der Waals surface area contributed by atoms with E-state index in [0.717, 1.165) is 5.56 Å². The van der Waals surface area contributed by atoms with Crippen molar-refractivity contribution in [1.29, 1.82) is 0 Å². The number of nitrogens with zero attached hydrogens (tertiary/aromatic N) is 7. The highest BCUT2D eigenvalue weighted by Crippen LogP contribution is 2.37. The van der Waals surface area contributed by atoms with E-state index >= 15 is 4.39 Å². The Balaban J connectivity index is 0.00000353. The summed E-state index contributed by atoms with van der Waals surface area (Å²) in [5.74, 6) is 0.179. The molecule has 1 atom stereocenters. The maximum atomic E-state index is 15.7. The molecule has 1 amide bonds. The molecule has 5 rings (SSSR count). The molecule has 1 unspecified atom stereocenters. The predicted octanol–water partition coefficient (Wildman–Crippen LogP) is 2.82. The Bertz CT molecular complexity index is 1480. The number of halogens is 1. The standard InChI is InChI=1S/C26H28FN7O4.H2S/c1-32-14-16(12-29-32)20-13-28-19-5-6-23(31-26(19)30-20)34(15-17-4-7-24(36)33(17)8-9-35)21-10-18(37-2)11-22(38-3)25(21)27;/h5-6,10-14,17,35H,4,7-9,15H2,1-3H3;1H2. The van der Waals surface area contributed by atoms with Gasteiger partial charge in [-0.15, -0.1) is 0 Å². The van der Waals surface area contributed by atoms with Gasteiger partial charge in [0.25, 0.3) is 0 Å². The number of β-amino-alcohol motifs (C(OH)–C–C–N with tert-alkyl or cyclic N) is 1. The molecule has 3 aromatic heterocycles. The van der Waals surface area contributed by atoms with E-state index in [1.807, 2.05) is 13.2 Å². The highest BCUT2D eigenvalue weighted by molar-refractivity contribution is 7.59. The van der Waals surface area contributed by atoms with Gasteiger partial charge in [-0.2, -0.15) is 18.6 Å². The molecule has 0 radical (unpaired) electrons. The van der Waals surface area contributed by atoms with Crippen molar-refractivity contribution in [3.05, 3.63) is 48.7 Å². The first-order chi connectivity index (χ1) is 18.4. The Labute approximate surface area is 231 Å². The first-order valence-corrected chi connectivity index (χ1v) is 12.1. The molecule has 0 aliphatic carbocycles. The number of fused-ring (bicyclic) bond motifs is 1. The van der Waals surface area contributed by atoms with Crippen molar-refractivity contribution >= 4 is 42.1 Å². The highest BCUT2D eigenvalue weighted by atomic mass is 32.1. The van der Waals surface area contributed by atoms with Gasteiger partial charge >= 0.3 is 0 Å². The number of pyridine rings is 1. The van der Waals surface area contributed by atoms with Gasteiger partial charge in [-0.1, -0.05) is 0 Å². The summed E-state index contributed by atoms with van der Waals surface area (Å²) in [6.07, 6.45) is 6.10. The van der Waals surface area contributed by atoms with Crippen LogP contribution in [0.3, 0.4) is 0 Å². The number of hydrogen-bond acceptors (Lipinski definition) is 9. The van der Waals surface area contributed by atoms with Gasteiger partial charge < -0.3 is 24.4 Å². The number of rotatable bonds is 9. The molecule has 1 N–H and O–H groups in total. The average molecular weight is 556 g/mol. The fourth-order valence-corrected chi connectivity index (χ4v) is 4.68. The maximum Gasteiger partial charge on any atom is 0.223 e. The summed E-state index contributed by atoms with van der Waals surface area (Å²) in [7, 11) is 4.69. The summed E-state index contributed by atoms with van der Waals surface area (Å²) in [5.41, 5.74) is 2.51. The molecule has 1 fully saturated rings. The molecule has 4 aromatic rings. The Kier molecular flexibility index (Phi) is 8.51. The van der Waals surface area contributed by atoms with Crippen LogP contribution in [-0.2, 0) is 11.8 Å². The number of anilines is 2. The van der Waals surface area contributed by atoms with Crippen LogP contribution in [0, 0.1) is 5.82 Å². The van der Waals surface area contributed by atoms with Crippen molar-refractivity contribution in [2.45, 2.75) is 18.9 Å². The van der Waals surface area contributed by atoms with E-state index in [2.05, 4.69) is 15.1 Å². The number of aromatic nitrogens is 5. The number of aliphatic hydroxyl groups excluding tert-OH is 1. The van der Waals surface area contributed by atoms with Gasteiger partial charge in [0.1, 0.15) is 17.1 Å². The van der Waals surface area contributed by atoms with Crippen LogP contribution in [0.25, 0.3) is 22.4 Å². The van der Waals surface area contributed by atoms with Gasteiger partial charge in [0.05, 0.1) is 50.6 Å². The molecular formula is C26H30FN7O4S. The number of hydrogen-bond donors (Lipinski definition) is 1. The number of aliphatic hydroxyl groups is 1. The number of aryl methyl sites for hydroxylation is 1. The molecule has 1 aliphatic rings. The van der Waals surface area contributed by atoms with Crippen molar-refractivity contribution in [3.63, 3.8) is 0 Å². The summed E-state index contributed by atoms with van der Waals surface area (Å²) >= 11 is 0. The van der Waals surface area contributed by atoms with Crippen molar-refractivity contribution in [2.75, 3.05) is 38.8 Å². The largest absolute Gasteiger partial charge is 0.497 e. The lowest BCUT2D eigenvalue weighted by atomic mass is 10.1. The monoisotopic (exact) mass is 555 g/mol. The lowest BCUT2D eigenvalue weighted by Gasteiger charge is -2.32. The minimum absolute atomic E-state index is 0. The molecule has 1 aromatic carbocycles. The molecule has 11 nitrogen and oxygen atoms in total. The minimum Gasteiger partial charge on any atom is -0.497 e. The molecule has 1 saturated heterocycles. The fourth-order valence-electron chi connectivity index (χ4n) is 4.68. The topological polar surface area (TPSA) is 119 Å². The zero-order valence-electron chi connectivity index (χ0n) is 21.8. The number of benzene rings is 1. The summed E-state index contributed by atoms with van der Waals surface area (Å²) < 4.78 is 28.1. The molecule has 0 saturated carbocycles. The number of methoxy groups -OCH3 is 2. The van der Waals surface area contributed by atoms with Crippen LogP contribution in [0.4, 0.5) is 15.9 Å². The third kappa shape index (κ3) is 5.59. The molecule has 13 heteroatoms. The molecule has 206 valence electrons. The third-order valence-corrected chi connectivity index (χ3v) is 6.60. The van der Waals surface area contributed by atoms with Crippen molar-refractivity contribution < 1.29 is 23.8 Å². The number of amides is 1. The summed E-state index contributed by atoms with van der Waals surface area (Å²) in [4.78, 5) is 29.7. The van der Waals surface area contributed by atoms with Gasteiger partial charge in [-0.25, -0.2) is 14.4 Å². The van der Waals surface area contributed by atoms with Crippen LogP contribution in [0.15, 0.2) is 42.9 Å². The van der Waals surface area contributed by atoms with Gasteiger partial charge in [0, 0.05) is 50.5 Å². The van der Waals surface area contributed by atoms with Crippen LogP contribution >= 0.6 is 13.5 Å². The fraction of sp³-hybridized carbons (Fsp3) is 0.346. The van der Waals surface area contributed by atoms with Crippen LogP contribution < -0.4 is 14.4 Å². The lowest BCUT2D eigenvalue weighted by Crippen LogP contribution is -2.42. The van der Waals surface area contributed by atoms with Gasteiger partial charge in [-0.3, -0.25) is 14.5 Å². The van der Waals surface area contributed by atoms with E-state index in [9.17, 15) is 9.90 Å². The summed E-state index contributed by atoms with van der Waals surface area (Å²) in [5, 5.41) is 13.7. The van der Waals surface area contributed by atoms with Gasteiger partial charge in [-0.05, 0) is 18.6 Å². The average Bonchev–Trinajstić information content (AvgIpc) is 3.52. The van der Waals surface area contributed by atoms with E-state index in [1.54, 1.807) is 45.1 Å². The SMILES string of the molecule is COc1cc(OC)c(F)c(N(CC2CCC(=O)N2CCO)c2ccc3ncc(-c4cnn(C)c4)nc3n2)c1.S. The van der Waals surface area contributed by atoms with E-state index < -0.39 is 5.82 Å². The number of carbonyl (C=O) groups is 1. The predicted molar refractivity (Wildman–Crippen MR) is 148 cm³/mol. The minimum atomic E-state index is -0.594. The van der Waals surface area contributed by atoms with Crippen molar-refractivity contribution in [3.8, 4) is 22.8 Å². The quantitative estimate of drug-likeness (QED) is 0.333. The molecular weight excluding hydrogens is 525 g/mol. The Morgan fingerprint density at radius 2 is 2.00 bits per heavy atom. The second-order valence-corrected chi connectivity index (χ2v) is 8.95. The molecule has 1 aliphatic heterocycles. The first-order valence-electron chi connectivity index (χ1n) is 12.1. The molecule has 39 heavy (non-hydrogen) atoms. The van der Waals surface area contributed by atoms with Crippen LogP contribution in [0.5, 0.6) is 11.5 Å². The van der Waals surface area contributed by atoms with Crippen LogP contribution in [0.1, 0.15) is 12.8 Å². The Morgan fingerprint density at radius 1 is 1.18 bits per heavy atom. The summed E-state index contributed by atoms with van der Waals surface area (Å²) in [6, 6.07) is 6.27. The first kappa shape index (κ1) is 28.0. The van der Waals surface area contributed by atoms with E-state index in [1.165, 1.54) is 20.3 Å². The van der Waals surface area contributed by atoms with Crippen molar-refractivity contribution in [1.82, 2.24) is 29.6 Å². The summed E-state index contributed by atoms with van der Waals surface area (Å²) in [6.45, 7) is 0.268. The maximum absolute atomic E-state index is 15.7. The van der Waals surface area contributed by atoms with Crippen molar-refractivity contribution in [2.24, 2.45) is 7.05 Å². The Morgan fingerprint density at radius 3 is 2.69 bits per heavy atom. The van der Waals surface area contributed by atoms with Gasteiger partial charge in [0.15, 0.2) is 17.2 Å². The smallest absolute Gasteiger partial charge is 0.223 e. The third-order valence-electron chi connectivity index (χ3n) is 6.60. The number of ether oxygens (including phenoxy) is 2. The second-order valence-electron chi connectivity index (χ2n) is 8.95.